The van der Waals surface area contributed by atoms with E-state index in [4.69, 9.17) is 13.9 Å². The molecule has 3 aromatic heterocycles. The molecule has 0 atom stereocenters. The minimum atomic E-state index is -0.635. The van der Waals surface area contributed by atoms with Crippen LogP contribution in [-0.4, -0.2) is 70.9 Å². The summed E-state index contributed by atoms with van der Waals surface area (Å²) in [5, 5.41) is 7.88. The Morgan fingerprint density at radius 1 is 1.00 bits per heavy atom. The molecule has 2 N–H and O–H groups in total. The Morgan fingerprint density at radius 2 is 1.87 bits per heavy atom. The lowest BCUT2D eigenvalue weighted by atomic mass is 10.0. The van der Waals surface area contributed by atoms with E-state index in [1.54, 1.807) is 17.1 Å². The van der Waals surface area contributed by atoms with Crippen LogP contribution in [0.15, 0.2) is 76.6 Å². The van der Waals surface area contributed by atoms with E-state index >= 15 is 4.39 Å². The van der Waals surface area contributed by atoms with E-state index in [0.717, 1.165) is 29.4 Å². The number of furan rings is 1. The van der Waals surface area contributed by atoms with Gasteiger partial charge in [-0.25, -0.2) is 9.37 Å². The van der Waals surface area contributed by atoms with Crippen molar-refractivity contribution in [3.05, 3.63) is 89.0 Å². The molecule has 0 bridgehead atoms. The molecular weight excluding hydrogens is 591 g/mol. The predicted octanol–water partition coefficient (Wildman–Crippen LogP) is 4.90. The number of anilines is 1. The van der Waals surface area contributed by atoms with Gasteiger partial charge in [0.05, 0.1) is 30.6 Å². The average molecular weight is 623 g/mol. The van der Waals surface area contributed by atoms with Crippen molar-refractivity contribution in [2.24, 2.45) is 0 Å². The van der Waals surface area contributed by atoms with Crippen molar-refractivity contribution in [2.45, 2.75) is 13.0 Å². The summed E-state index contributed by atoms with van der Waals surface area (Å²) < 4.78 is 37.6. The van der Waals surface area contributed by atoms with Gasteiger partial charge in [-0.15, -0.1) is 0 Å². The van der Waals surface area contributed by atoms with Gasteiger partial charge in [-0.2, -0.15) is 0 Å². The second kappa shape index (κ2) is 11.6. The molecule has 8 rings (SSSR count). The Balaban J connectivity index is 1.21. The van der Waals surface area contributed by atoms with E-state index in [9.17, 15) is 9.59 Å². The maximum Gasteiger partial charge on any atom is 0.256 e. The van der Waals surface area contributed by atoms with Crippen molar-refractivity contribution in [3.63, 3.8) is 0 Å². The number of amides is 1. The van der Waals surface area contributed by atoms with Gasteiger partial charge in [0.1, 0.15) is 27.9 Å². The van der Waals surface area contributed by atoms with Crippen LogP contribution in [0.1, 0.15) is 16.8 Å². The third-order valence-electron chi connectivity index (χ3n) is 8.64. The number of ether oxygens (including phenoxy) is 2. The molecule has 6 aromatic rings. The Kier molecular flexibility index (Phi) is 7.15. The van der Waals surface area contributed by atoms with Crippen LogP contribution in [0.25, 0.3) is 38.5 Å². The summed E-state index contributed by atoms with van der Waals surface area (Å²) in [5.41, 5.74) is 1.78. The number of benzene rings is 3. The monoisotopic (exact) mass is 622 g/mol. The number of imidazole rings is 1. The van der Waals surface area contributed by atoms with Crippen LogP contribution in [0.3, 0.4) is 0 Å². The lowest BCUT2D eigenvalue weighted by molar-refractivity contribution is 0.0398. The molecule has 234 valence electrons. The van der Waals surface area contributed by atoms with Crippen molar-refractivity contribution >= 4 is 44.4 Å². The summed E-state index contributed by atoms with van der Waals surface area (Å²) in [6.45, 7) is 5.10. The molecule has 1 fully saturated rings. The topological polar surface area (TPSA) is 116 Å². The van der Waals surface area contributed by atoms with Gasteiger partial charge >= 0.3 is 0 Å². The fraction of sp³-hybridized carbons (Fsp3) is 0.265. The number of fused-ring (bicyclic) bond motifs is 5. The first-order chi connectivity index (χ1) is 22.5. The molecule has 0 radical (unpaired) electrons. The number of morpholine rings is 1. The van der Waals surface area contributed by atoms with Crippen molar-refractivity contribution in [3.8, 4) is 17.2 Å². The van der Waals surface area contributed by atoms with Crippen LogP contribution in [0.2, 0.25) is 0 Å². The minimum Gasteiger partial charge on any atom is -0.456 e. The number of para-hydroxylation sites is 1. The van der Waals surface area contributed by atoms with Crippen LogP contribution in [0.5, 0.6) is 11.5 Å². The number of nitrogens with one attached hydrogen (secondary N) is 2. The molecule has 46 heavy (non-hydrogen) atoms. The molecule has 0 aliphatic carbocycles. The zero-order chi connectivity index (χ0) is 31.2. The molecule has 1 amide bonds. The number of carbonyl (C=O) groups is 1. The zero-order valence-corrected chi connectivity index (χ0v) is 24.9. The highest BCUT2D eigenvalue weighted by atomic mass is 19.1. The van der Waals surface area contributed by atoms with Crippen LogP contribution in [0.4, 0.5) is 10.1 Å². The SMILES string of the molecule is O=C(NCCCn1ccnc1)c1cn2c3c(c(NCCN4CCOCC4)c(F)cc3c1=O)Oc1cc3c(cc1-2)oc1ccccc13. The highest BCUT2D eigenvalue weighted by Crippen LogP contribution is 2.47. The lowest BCUT2D eigenvalue weighted by Gasteiger charge is -2.28. The van der Waals surface area contributed by atoms with Gasteiger partial charge in [-0.3, -0.25) is 14.5 Å². The Morgan fingerprint density at radius 3 is 2.72 bits per heavy atom. The van der Waals surface area contributed by atoms with E-state index in [1.165, 1.54) is 12.3 Å². The summed E-state index contributed by atoms with van der Waals surface area (Å²) in [7, 11) is 0. The van der Waals surface area contributed by atoms with Crippen LogP contribution in [-0.2, 0) is 11.3 Å². The van der Waals surface area contributed by atoms with Crippen molar-refractivity contribution < 1.29 is 23.1 Å². The predicted molar refractivity (Wildman–Crippen MR) is 172 cm³/mol. The summed E-state index contributed by atoms with van der Waals surface area (Å²) in [4.78, 5) is 33.5. The first kappa shape index (κ1) is 28.3. The third-order valence-corrected chi connectivity index (χ3v) is 8.64. The zero-order valence-electron chi connectivity index (χ0n) is 24.9. The number of pyridine rings is 1. The van der Waals surface area contributed by atoms with E-state index in [2.05, 4.69) is 20.5 Å². The number of halogens is 1. The molecule has 0 saturated carbocycles. The number of aromatic nitrogens is 3. The second-order valence-corrected chi connectivity index (χ2v) is 11.5. The molecule has 2 aliphatic heterocycles. The van der Waals surface area contributed by atoms with Gasteiger partial charge < -0.3 is 33.7 Å². The summed E-state index contributed by atoms with van der Waals surface area (Å²) in [6, 6.07) is 12.6. The molecule has 1 saturated heterocycles. The third kappa shape index (κ3) is 4.95. The largest absolute Gasteiger partial charge is 0.456 e. The quantitative estimate of drug-likeness (QED) is 0.219. The first-order valence-electron chi connectivity index (χ1n) is 15.4. The summed E-state index contributed by atoms with van der Waals surface area (Å²) in [6.07, 6.45) is 7.41. The molecule has 3 aromatic carbocycles. The average Bonchev–Trinajstić information content (AvgIpc) is 3.72. The molecule has 11 nitrogen and oxygen atoms in total. The number of nitrogens with zero attached hydrogens (tertiary/aromatic N) is 4. The lowest BCUT2D eigenvalue weighted by Crippen LogP contribution is -2.39. The molecule has 0 spiro atoms. The fourth-order valence-electron chi connectivity index (χ4n) is 6.30. The normalized spacial score (nSPS) is 14.5. The Labute approximate surface area is 262 Å². The van der Waals surface area contributed by atoms with E-state index < -0.39 is 17.2 Å². The van der Waals surface area contributed by atoms with Crippen LogP contribution >= 0.6 is 0 Å². The van der Waals surface area contributed by atoms with Gasteiger partial charge in [0.25, 0.3) is 5.91 Å². The van der Waals surface area contributed by atoms with Crippen molar-refractivity contribution in [1.29, 1.82) is 0 Å². The Bertz CT molecular complexity index is 2170. The maximum absolute atomic E-state index is 15.9. The summed E-state index contributed by atoms with van der Waals surface area (Å²) >= 11 is 0. The first-order valence-corrected chi connectivity index (χ1v) is 15.4. The molecule has 0 unspecified atom stereocenters. The second-order valence-electron chi connectivity index (χ2n) is 11.5. The van der Waals surface area contributed by atoms with Gasteiger partial charge in [0.2, 0.25) is 5.43 Å². The molecule has 2 aliphatic rings. The van der Waals surface area contributed by atoms with Crippen molar-refractivity contribution in [1.82, 2.24) is 24.3 Å². The molecular formula is C34H31FN6O5. The van der Waals surface area contributed by atoms with Gasteiger partial charge in [-0.1, -0.05) is 18.2 Å². The summed E-state index contributed by atoms with van der Waals surface area (Å²) in [5.74, 6) is -0.524. The molecule has 5 heterocycles. The fourth-order valence-corrected chi connectivity index (χ4v) is 6.30. The number of hydrogen-bond acceptors (Lipinski definition) is 8. The highest BCUT2D eigenvalue weighted by Gasteiger charge is 2.29. The highest BCUT2D eigenvalue weighted by molar-refractivity contribution is 6.07. The van der Waals surface area contributed by atoms with Crippen LogP contribution < -0.4 is 20.8 Å². The van der Waals surface area contributed by atoms with Crippen LogP contribution in [0, 0.1) is 5.82 Å². The number of hydrogen-bond donors (Lipinski definition) is 2. The Hall–Kier alpha value is -5.20. The van der Waals surface area contributed by atoms with E-state index in [-0.39, 0.29) is 22.4 Å². The molecule has 12 heteroatoms. The van der Waals surface area contributed by atoms with E-state index in [0.29, 0.717) is 68.4 Å². The number of rotatable bonds is 9. The smallest absolute Gasteiger partial charge is 0.256 e. The minimum absolute atomic E-state index is 0.0487. The number of aryl methyl sites for hydroxylation is 1. The van der Waals surface area contributed by atoms with E-state index in [1.807, 2.05) is 47.2 Å². The maximum atomic E-state index is 15.9. The van der Waals surface area contributed by atoms with Crippen molar-refractivity contribution in [2.75, 3.05) is 51.3 Å². The van der Waals surface area contributed by atoms with Gasteiger partial charge in [-0.05, 0) is 24.6 Å². The standard InChI is InChI=1S/C34H31FN6O5/c35-25-16-23-31-33(30(25)37-8-11-39-12-14-44-15-13-39)46-29-17-22-21-4-1-2-5-27(21)45-28(22)18-26(29)41(31)19-24(32(23)42)34(43)38-6-3-9-40-10-7-36-20-40/h1-2,4-5,7,10,16-20,37H,3,6,8-9,11-15H2,(H,38,43). The van der Waals surface area contributed by atoms with Gasteiger partial charge in [0.15, 0.2) is 17.3 Å². The van der Waals surface area contributed by atoms with Gasteiger partial charge in [0, 0.05) is 74.7 Å². The number of carbonyl (C=O) groups excluding carboxylic acids is 1.